The second kappa shape index (κ2) is 6.49. The van der Waals surface area contributed by atoms with Gasteiger partial charge in [0.15, 0.2) is 0 Å². The molecule has 1 rings (SSSR count). The summed E-state index contributed by atoms with van der Waals surface area (Å²) in [4.78, 5) is 22.4. The van der Waals surface area contributed by atoms with Crippen molar-refractivity contribution < 1.29 is 28.2 Å². The Hall–Kier alpha value is -1.66. The topological polar surface area (TPSA) is 75.6 Å². The number of hydrogen-bond acceptors (Lipinski definition) is 3. The van der Waals surface area contributed by atoms with Crippen LogP contribution < -0.4 is 5.32 Å². The number of alkyl carbamates (subject to hydrolysis) is 1. The van der Waals surface area contributed by atoms with Gasteiger partial charge in [-0.1, -0.05) is 12.7 Å². The molecule has 1 atom stereocenters. The molecule has 2 N–H and O–H groups in total. The summed E-state index contributed by atoms with van der Waals surface area (Å²) in [5.41, 5.74) is 0. The van der Waals surface area contributed by atoms with Crippen LogP contribution in [0.3, 0.4) is 0 Å². The van der Waals surface area contributed by atoms with Gasteiger partial charge in [0.1, 0.15) is 12.6 Å². The molecule has 0 unspecified atom stereocenters. The monoisotopic (exact) mass is 277 g/mol. The van der Waals surface area contributed by atoms with Crippen LogP contribution in [0.4, 0.5) is 13.6 Å². The summed E-state index contributed by atoms with van der Waals surface area (Å²) in [6.45, 7) is 3.31. The van der Waals surface area contributed by atoms with Crippen molar-refractivity contribution in [1.82, 2.24) is 5.32 Å². The standard InChI is InChI=1S/C12H17F2NO4/c1-2-7-19-11(18)15-9(10(16)17)8-3-5-12(13,14)6-4-8/h2,8-9H,1,3-7H2,(H,15,18)(H,16,17)/t9-/m1/s1. The fraction of sp³-hybridized carbons (Fsp3) is 0.667. The minimum atomic E-state index is -2.73. The van der Waals surface area contributed by atoms with Crippen LogP contribution in [0.2, 0.25) is 0 Å². The number of carbonyl (C=O) groups excluding carboxylic acids is 1. The molecule has 0 aliphatic heterocycles. The maximum Gasteiger partial charge on any atom is 0.408 e. The average Bonchev–Trinajstić information content (AvgIpc) is 2.33. The molecule has 7 heteroatoms. The number of hydrogen-bond donors (Lipinski definition) is 2. The van der Waals surface area contributed by atoms with Crippen molar-refractivity contribution in [1.29, 1.82) is 0 Å². The Balaban J connectivity index is 2.56. The Labute approximate surface area is 109 Å². The number of halogens is 2. The highest BCUT2D eigenvalue weighted by Crippen LogP contribution is 2.37. The number of carboxylic acid groups (broad SMARTS) is 1. The van der Waals surface area contributed by atoms with Crippen molar-refractivity contribution in [2.24, 2.45) is 5.92 Å². The molecule has 0 bridgehead atoms. The van der Waals surface area contributed by atoms with E-state index in [0.717, 1.165) is 0 Å². The molecule has 19 heavy (non-hydrogen) atoms. The van der Waals surface area contributed by atoms with Gasteiger partial charge in [-0.25, -0.2) is 18.4 Å². The SMILES string of the molecule is C=CCOC(=O)N[C@@H](C(=O)O)C1CCC(F)(F)CC1. The molecule has 0 aromatic heterocycles. The number of alkyl halides is 2. The maximum atomic E-state index is 13.0. The molecule has 0 radical (unpaired) electrons. The van der Waals surface area contributed by atoms with Gasteiger partial charge in [-0.3, -0.25) is 0 Å². The van der Waals surface area contributed by atoms with Gasteiger partial charge in [0.2, 0.25) is 5.92 Å². The van der Waals surface area contributed by atoms with E-state index >= 15 is 0 Å². The Morgan fingerprint density at radius 2 is 2.05 bits per heavy atom. The Kier molecular flexibility index (Phi) is 5.26. The fourth-order valence-corrected chi connectivity index (χ4v) is 2.08. The molecule has 0 heterocycles. The zero-order chi connectivity index (χ0) is 14.5. The quantitative estimate of drug-likeness (QED) is 0.755. The maximum absolute atomic E-state index is 13.0. The van der Waals surface area contributed by atoms with Gasteiger partial charge < -0.3 is 15.2 Å². The molecule has 1 amide bonds. The summed E-state index contributed by atoms with van der Waals surface area (Å²) in [5.74, 6) is -4.48. The van der Waals surface area contributed by atoms with E-state index in [4.69, 9.17) is 5.11 Å². The zero-order valence-electron chi connectivity index (χ0n) is 10.4. The minimum Gasteiger partial charge on any atom is -0.480 e. The van der Waals surface area contributed by atoms with E-state index in [-0.39, 0.29) is 32.3 Å². The van der Waals surface area contributed by atoms with Crippen molar-refractivity contribution in [3.63, 3.8) is 0 Å². The lowest BCUT2D eigenvalue weighted by atomic mass is 9.82. The molecule has 1 aliphatic rings. The van der Waals surface area contributed by atoms with Crippen molar-refractivity contribution in [3.8, 4) is 0 Å². The van der Waals surface area contributed by atoms with Gasteiger partial charge in [0.05, 0.1) is 0 Å². The lowest BCUT2D eigenvalue weighted by Crippen LogP contribution is -2.48. The van der Waals surface area contributed by atoms with Gasteiger partial charge in [-0.2, -0.15) is 0 Å². The molecule has 0 aromatic rings. The molecule has 1 aliphatic carbocycles. The summed E-state index contributed by atoms with van der Waals surface area (Å²) in [6.07, 6.45) is -0.131. The number of carbonyl (C=O) groups is 2. The number of nitrogens with one attached hydrogen (secondary N) is 1. The number of carboxylic acids is 1. The highest BCUT2D eigenvalue weighted by atomic mass is 19.3. The number of amides is 1. The number of aliphatic carboxylic acids is 1. The largest absolute Gasteiger partial charge is 0.480 e. The third-order valence-corrected chi connectivity index (χ3v) is 3.10. The fourth-order valence-electron chi connectivity index (χ4n) is 2.08. The van der Waals surface area contributed by atoms with Gasteiger partial charge in [0, 0.05) is 12.8 Å². The van der Waals surface area contributed by atoms with Crippen molar-refractivity contribution in [3.05, 3.63) is 12.7 Å². The van der Waals surface area contributed by atoms with E-state index in [1.54, 1.807) is 0 Å². The van der Waals surface area contributed by atoms with E-state index < -0.39 is 29.9 Å². The second-order valence-corrected chi connectivity index (χ2v) is 4.54. The van der Waals surface area contributed by atoms with Gasteiger partial charge in [-0.05, 0) is 18.8 Å². The first-order valence-corrected chi connectivity index (χ1v) is 6.00. The summed E-state index contributed by atoms with van der Waals surface area (Å²) < 4.78 is 30.6. The first-order valence-electron chi connectivity index (χ1n) is 6.00. The summed E-state index contributed by atoms with van der Waals surface area (Å²) in [7, 11) is 0. The second-order valence-electron chi connectivity index (χ2n) is 4.54. The molecule has 1 saturated carbocycles. The van der Waals surface area contributed by atoms with E-state index in [1.807, 2.05) is 0 Å². The summed E-state index contributed by atoms with van der Waals surface area (Å²) in [6, 6.07) is -1.20. The van der Waals surface area contributed by atoms with Crippen LogP contribution >= 0.6 is 0 Å². The van der Waals surface area contributed by atoms with Crippen LogP contribution in [0.15, 0.2) is 12.7 Å². The average molecular weight is 277 g/mol. The number of rotatable bonds is 5. The smallest absolute Gasteiger partial charge is 0.408 e. The molecule has 0 saturated heterocycles. The summed E-state index contributed by atoms with van der Waals surface area (Å²) >= 11 is 0. The van der Waals surface area contributed by atoms with Gasteiger partial charge in [-0.15, -0.1) is 0 Å². The predicted molar refractivity (Wildman–Crippen MR) is 63.0 cm³/mol. The van der Waals surface area contributed by atoms with Crippen LogP contribution in [0.1, 0.15) is 25.7 Å². The highest BCUT2D eigenvalue weighted by Gasteiger charge is 2.40. The van der Waals surface area contributed by atoms with Crippen molar-refractivity contribution >= 4 is 12.1 Å². The van der Waals surface area contributed by atoms with Gasteiger partial charge >= 0.3 is 12.1 Å². The zero-order valence-corrected chi connectivity index (χ0v) is 10.4. The summed E-state index contributed by atoms with van der Waals surface area (Å²) in [5, 5.41) is 11.2. The lowest BCUT2D eigenvalue weighted by molar-refractivity contribution is -0.142. The molecule has 0 aromatic carbocycles. The lowest BCUT2D eigenvalue weighted by Gasteiger charge is -2.31. The molecule has 0 spiro atoms. The van der Waals surface area contributed by atoms with E-state index in [0.29, 0.717) is 0 Å². The first kappa shape index (κ1) is 15.4. The molecular weight excluding hydrogens is 260 g/mol. The number of ether oxygens (including phenoxy) is 1. The Morgan fingerprint density at radius 1 is 1.47 bits per heavy atom. The third-order valence-electron chi connectivity index (χ3n) is 3.10. The van der Waals surface area contributed by atoms with E-state index in [9.17, 15) is 18.4 Å². The molecule has 108 valence electrons. The molecular formula is C12H17F2NO4. The minimum absolute atomic E-state index is 0.0408. The van der Waals surface area contributed by atoms with Crippen LogP contribution in [0.5, 0.6) is 0 Å². The molecule has 5 nitrogen and oxygen atoms in total. The molecule has 1 fully saturated rings. The van der Waals surface area contributed by atoms with E-state index in [1.165, 1.54) is 6.08 Å². The Morgan fingerprint density at radius 3 is 2.53 bits per heavy atom. The van der Waals surface area contributed by atoms with Crippen LogP contribution in [0.25, 0.3) is 0 Å². The van der Waals surface area contributed by atoms with Crippen LogP contribution in [0, 0.1) is 5.92 Å². The predicted octanol–water partition coefficient (Wildman–Crippen LogP) is 2.18. The van der Waals surface area contributed by atoms with Crippen molar-refractivity contribution in [2.75, 3.05) is 6.61 Å². The van der Waals surface area contributed by atoms with E-state index in [2.05, 4.69) is 16.6 Å². The third kappa shape index (κ3) is 4.84. The Bertz CT molecular complexity index is 350. The van der Waals surface area contributed by atoms with Crippen molar-refractivity contribution in [2.45, 2.75) is 37.6 Å². The van der Waals surface area contributed by atoms with Crippen LogP contribution in [-0.2, 0) is 9.53 Å². The van der Waals surface area contributed by atoms with Gasteiger partial charge in [0.25, 0.3) is 0 Å². The highest BCUT2D eigenvalue weighted by molar-refractivity contribution is 5.80. The normalized spacial score (nSPS) is 20.3. The first-order chi connectivity index (χ1) is 8.85. The van der Waals surface area contributed by atoms with Crippen LogP contribution in [-0.4, -0.2) is 35.7 Å².